The fourth-order valence-corrected chi connectivity index (χ4v) is 2.23. The zero-order valence-electron chi connectivity index (χ0n) is 10.1. The molecule has 1 aliphatic heterocycles. The van der Waals surface area contributed by atoms with Gasteiger partial charge in [-0.05, 0) is 12.8 Å². The van der Waals surface area contributed by atoms with Gasteiger partial charge in [-0.1, -0.05) is 5.16 Å². The van der Waals surface area contributed by atoms with E-state index >= 15 is 0 Å². The summed E-state index contributed by atoms with van der Waals surface area (Å²) in [6.45, 7) is 2.71. The summed E-state index contributed by atoms with van der Waals surface area (Å²) in [4.78, 5) is 17.7. The van der Waals surface area contributed by atoms with Crippen molar-refractivity contribution in [2.24, 2.45) is 5.73 Å². The zero-order valence-corrected chi connectivity index (χ0v) is 10.1. The van der Waals surface area contributed by atoms with E-state index in [1.807, 2.05) is 4.90 Å². The van der Waals surface area contributed by atoms with Crippen molar-refractivity contribution in [3.63, 3.8) is 0 Å². The van der Waals surface area contributed by atoms with Crippen LogP contribution in [-0.4, -0.2) is 46.6 Å². The second-order valence-electron chi connectivity index (χ2n) is 4.92. The Morgan fingerprint density at radius 1 is 1.56 bits per heavy atom. The fraction of sp³-hybridized carbons (Fsp3) is 0.727. The number of amides is 1. The van der Waals surface area contributed by atoms with Crippen LogP contribution in [0.4, 0.5) is 0 Å². The van der Waals surface area contributed by atoms with Gasteiger partial charge in [0.1, 0.15) is 6.04 Å². The molecule has 7 nitrogen and oxygen atoms in total. The van der Waals surface area contributed by atoms with Gasteiger partial charge in [0.15, 0.2) is 5.82 Å². The number of nitrogens with one attached hydrogen (secondary N) is 1. The fourth-order valence-electron chi connectivity index (χ4n) is 2.23. The lowest BCUT2D eigenvalue weighted by Crippen LogP contribution is -2.56. The van der Waals surface area contributed by atoms with Crippen LogP contribution in [0, 0.1) is 0 Å². The van der Waals surface area contributed by atoms with Crippen LogP contribution >= 0.6 is 0 Å². The molecule has 98 valence electrons. The number of hydrogen-bond donors (Lipinski definition) is 2. The molecule has 2 aliphatic rings. The predicted molar refractivity (Wildman–Crippen MR) is 62.5 cm³/mol. The highest BCUT2D eigenvalue weighted by Crippen LogP contribution is 2.38. The van der Waals surface area contributed by atoms with E-state index in [0.29, 0.717) is 24.8 Å². The van der Waals surface area contributed by atoms with E-state index in [9.17, 15) is 4.79 Å². The summed E-state index contributed by atoms with van der Waals surface area (Å²) < 4.78 is 5.21. The minimum absolute atomic E-state index is 0.290. The van der Waals surface area contributed by atoms with Crippen molar-refractivity contribution < 1.29 is 9.32 Å². The van der Waals surface area contributed by atoms with Crippen LogP contribution in [0.15, 0.2) is 4.52 Å². The molecule has 18 heavy (non-hydrogen) atoms. The first-order chi connectivity index (χ1) is 8.74. The smallest absolute Gasteiger partial charge is 0.236 e. The molecular weight excluding hydrogens is 234 g/mol. The van der Waals surface area contributed by atoms with Crippen LogP contribution < -0.4 is 11.1 Å². The lowest BCUT2D eigenvalue weighted by molar-refractivity contribution is -0.124. The third-order valence-corrected chi connectivity index (χ3v) is 3.44. The van der Waals surface area contributed by atoms with E-state index in [-0.39, 0.29) is 11.9 Å². The molecular formula is C11H17N5O2. The van der Waals surface area contributed by atoms with Crippen molar-refractivity contribution in [3.05, 3.63) is 11.7 Å². The van der Waals surface area contributed by atoms with E-state index < -0.39 is 0 Å². The molecule has 3 rings (SSSR count). The Labute approximate surface area is 105 Å². The topological polar surface area (TPSA) is 97.3 Å². The number of carbonyl (C=O) groups is 1. The number of nitrogens with two attached hydrogens (primary N) is 1. The Morgan fingerprint density at radius 3 is 3.11 bits per heavy atom. The summed E-state index contributed by atoms with van der Waals surface area (Å²) >= 11 is 0. The summed E-state index contributed by atoms with van der Waals surface area (Å²) in [5, 5.41) is 7.12. The van der Waals surface area contributed by atoms with Gasteiger partial charge in [0.25, 0.3) is 0 Å². The van der Waals surface area contributed by atoms with Gasteiger partial charge in [0.2, 0.25) is 11.8 Å². The Bertz CT molecular complexity index is 442. The van der Waals surface area contributed by atoms with Gasteiger partial charge in [-0.2, -0.15) is 4.98 Å². The molecule has 1 aromatic rings. The molecule has 1 aliphatic carbocycles. The molecule has 2 heterocycles. The SMILES string of the molecule is NC(=O)C1CNCCN1Cc1noc(C2CC2)n1. The lowest BCUT2D eigenvalue weighted by atomic mass is 10.2. The molecule has 0 bridgehead atoms. The Balaban J connectivity index is 1.67. The molecule has 3 N–H and O–H groups in total. The third kappa shape index (κ3) is 2.37. The van der Waals surface area contributed by atoms with Crippen molar-refractivity contribution in [1.82, 2.24) is 20.4 Å². The first-order valence-corrected chi connectivity index (χ1v) is 6.30. The molecule has 0 spiro atoms. The minimum Gasteiger partial charge on any atom is -0.368 e. The van der Waals surface area contributed by atoms with Gasteiger partial charge < -0.3 is 15.6 Å². The maximum absolute atomic E-state index is 11.4. The Morgan fingerprint density at radius 2 is 2.39 bits per heavy atom. The molecule has 1 saturated carbocycles. The first-order valence-electron chi connectivity index (χ1n) is 6.30. The van der Waals surface area contributed by atoms with E-state index in [1.54, 1.807) is 0 Å². The number of hydrogen-bond acceptors (Lipinski definition) is 6. The summed E-state index contributed by atoms with van der Waals surface area (Å²) in [7, 11) is 0. The van der Waals surface area contributed by atoms with E-state index in [1.165, 1.54) is 0 Å². The molecule has 1 amide bonds. The Kier molecular flexibility index (Phi) is 3.00. The number of rotatable bonds is 4. The van der Waals surface area contributed by atoms with Crippen molar-refractivity contribution in [1.29, 1.82) is 0 Å². The molecule has 1 unspecified atom stereocenters. The number of piperazine rings is 1. The second kappa shape index (κ2) is 4.66. The van der Waals surface area contributed by atoms with Crippen LogP contribution in [-0.2, 0) is 11.3 Å². The summed E-state index contributed by atoms with van der Waals surface area (Å²) in [5.41, 5.74) is 5.39. The number of primary amides is 1. The highest BCUT2D eigenvalue weighted by atomic mass is 16.5. The van der Waals surface area contributed by atoms with Gasteiger partial charge in [-0.3, -0.25) is 9.69 Å². The summed E-state index contributed by atoms with van der Waals surface area (Å²) in [5.74, 6) is 1.52. The van der Waals surface area contributed by atoms with Crippen LogP contribution in [0.25, 0.3) is 0 Å². The quantitative estimate of drug-likeness (QED) is 0.727. The van der Waals surface area contributed by atoms with Crippen LogP contribution in [0.5, 0.6) is 0 Å². The molecule has 0 radical (unpaired) electrons. The first kappa shape index (κ1) is 11.6. The standard InChI is InChI=1S/C11H17N5O2/c12-10(17)8-5-13-3-4-16(8)6-9-14-11(18-15-9)7-1-2-7/h7-8,13H,1-6H2,(H2,12,17). The molecule has 1 aromatic heterocycles. The van der Waals surface area contributed by atoms with Gasteiger partial charge in [0, 0.05) is 25.6 Å². The van der Waals surface area contributed by atoms with Gasteiger partial charge in [0.05, 0.1) is 6.54 Å². The maximum atomic E-state index is 11.4. The molecule has 7 heteroatoms. The minimum atomic E-state index is -0.312. The van der Waals surface area contributed by atoms with Crippen LogP contribution in [0.2, 0.25) is 0 Å². The number of carbonyl (C=O) groups excluding carboxylic acids is 1. The summed E-state index contributed by atoms with van der Waals surface area (Å²) in [6.07, 6.45) is 2.28. The zero-order chi connectivity index (χ0) is 12.5. The van der Waals surface area contributed by atoms with Crippen molar-refractivity contribution in [2.75, 3.05) is 19.6 Å². The normalized spacial score (nSPS) is 25.2. The van der Waals surface area contributed by atoms with Crippen molar-refractivity contribution >= 4 is 5.91 Å². The average Bonchev–Trinajstić information content (AvgIpc) is 3.11. The molecule has 2 fully saturated rings. The van der Waals surface area contributed by atoms with E-state index in [2.05, 4.69) is 15.5 Å². The van der Waals surface area contributed by atoms with Gasteiger partial charge in [-0.15, -0.1) is 0 Å². The van der Waals surface area contributed by atoms with E-state index in [0.717, 1.165) is 31.8 Å². The summed E-state index contributed by atoms with van der Waals surface area (Å²) in [6, 6.07) is -0.290. The predicted octanol–water partition coefficient (Wildman–Crippen LogP) is -0.794. The highest BCUT2D eigenvalue weighted by Gasteiger charge is 2.31. The maximum Gasteiger partial charge on any atom is 0.236 e. The van der Waals surface area contributed by atoms with Crippen molar-refractivity contribution in [3.8, 4) is 0 Å². The van der Waals surface area contributed by atoms with Crippen molar-refractivity contribution in [2.45, 2.75) is 31.3 Å². The average molecular weight is 251 g/mol. The van der Waals surface area contributed by atoms with Gasteiger partial charge >= 0.3 is 0 Å². The number of nitrogens with zero attached hydrogens (tertiary/aromatic N) is 3. The Hall–Kier alpha value is -1.47. The highest BCUT2D eigenvalue weighted by molar-refractivity contribution is 5.80. The van der Waals surface area contributed by atoms with Crippen LogP contribution in [0.1, 0.15) is 30.5 Å². The molecule has 1 atom stereocenters. The lowest BCUT2D eigenvalue weighted by Gasteiger charge is -2.32. The number of aromatic nitrogens is 2. The molecule has 1 saturated heterocycles. The van der Waals surface area contributed by atoms with Gasteiger partial charge in [-0.25, -0.2) is 0 Å². The second-order valence-corrected chi connectivity index (χ2v) is 4.92. The molecule has 0 aromatic carbocycles. The monoisotopic (exact) mass is 251 g/mol. The van der Waals surface area contributed by atoms with Crippen LogP contribution in [0.3, 0.4) is 0 Å². The van der Waals surface area contributed by atoms with E-state index in [4.69, 9.17) is 10.3 Å². The largest absolute Gasteiger partial charge is 0.368 e. The third-order valence-electron chi connectivity index (χ3n) is 3.44.